The van der Waals surface area contributed by atoms with Crippen LogP contribution in [0.2, 0.25) is 0 Å². The number of furan rings is 1. The number of aromatic nitrogens is 2. The van der Waals surface area contributed by atoms with Crippen molar-refractivity contribution < 1.29 is 13.9 Å². The molecule has 2 aromatic heterocycles. The molecule has 3 rings (SSSR count). The number of aryl methyl sites for hydroxylation is 3. The number of hydrogen-bond acceptors (Lipinski definition) is 4. The number of nitrogens with one attached hydrogen (secondary N) is 1. The molecule has 0 aliphatic carbocycles. The molecule has 0 aliphatic heterocycles. The van der Waals surface area contributed by atoms with Crippen molar-refractivity contribution in [1.82, 2.24) is 15.1 Å². The van der Waals surface area contributed by atoms with Gasteiger partial charge in [0.05, 0.1) is 5.69 Å². The van der Waals surface area contributed by atoms with Gasteiger partial charge in [0.1, 0.15) is 18.1 Å². The summed E-state index contributed by atoms with van der Waals surface area (Å²) >= 11 is 0. The molecule has 3 aromatic rings. The Morgan fingerprint density at radius 3 is 2.65 bits per heavy atom. The molecule has 1 aromatic carbocycles. The maximum atomic E-state index is 12.2. The fraction of sp³-hybridized carbons (Fsp3) is 0.300. The van der Waals surface area contributed by atoms with Gasteiger partial charge in [0, 0.05) is 25.4 Å². The predicted molar refractivity (Wildman–Crippen MR) is 98.0 cm³/mol. The minimum absolute atomic E-state index is 0.258. The van der Waals surface area contributed by atoms with E-state index in [1.165, 1.54) is 5.56 Å². The molecule has 2 heterocycles. The Hall–Kier alpha value is -3.02. The maximum absolute atomic E-state index is 12.2. The van der Waals surface area contributed by atoms with E-state index in [0.29, 0.717) is 12.3 Å². The zero-order chi connectivity index (χ0) is 18.5. The molecule has 1 N–H and O–H groups in total. The minimum atomic E-state index is -0.258. The molecule has 6 heteroatoms. The number of amides is 1. The smallest absolute Gasteiger partial charge is 0.287 e. The van der Waals surface area contributed by atoms with Crippen LogP contribution in [0.1, 0.15) is 40.1 Å². The molecule has 0 spiro atoms. The molecule has 0 fully saturated rings. The lowest BCUT2D eigenvalue weighted by atomic mass is 10.2. The van der Waals surface area contributed by atoms with E-state index < -0.39 is 0 Å². The Balaban J connectivity index is 1.53. The summed E-state index contributed by atoms with van der Waals surface area (Å²) in [7, 11) is 1.85. The van der Waals surface area contributed by atoms with Crippen molar-refractivity contribution in [2.24, 2.45) is 7.05 Å². The van der Waals surface area contributed by atoms with E-state index in [2.05, 4.69) is 17.3 Å². The molecule has 0 saturated carbocycles. The fourth-order valence-electron chi connectivity index (χ4n) is 2.64. The monoisotopic (exact) mass is 353 g/mol. The van der Waals surface area contributed by atoms with Crippen LogP contribution >= 0.6 is 0 Å². The van der Waals surface area contributed by atoms with Gasteiger partial charge in [-0.3, -0.25) is 9.48 Å². The zero-order valence-electron chi connectivity index (χ0n) is 15.3. The maximum Gasteiger partial charge on any atom is 0.287 e. The van der Waals surface area contributed by atoms with Crippen LogP contribution in [0, 0.1) is 6.92 Å². The van der Waals surface area contributed by atoms with Gasteiger partial charge in [-0.05, 0) is 43.2 Å². The summed E-state index contributed by atoms with van der Waals surface area (Å²) in [5, 5.41) is 7.10. The predicted octanol–water partition coefficient (Wildman–Crippen LogP) is 3.39. The molecular weight excluding hydrogens is 330 g/mol. The Kier molecular flexibility index (Phi) is 5.41. The highest BCUT2D eigenvalue weighted by Gasteiger charge is 2.12. The Morgan fingerprint density at radius 1 is 1.23 bits per heavy atom. The first-order valence-electron chi connectivity index (χ1n) is 8.63. The van der Waals surface area contributed by atoms with Crippen molar-refractivity contribution in [2.45, 2.75) is 33.4 Å². The van der Waals surface area contributed by atoms with Crippen LogP contribution in [-0.4, -0.2) is 15.7 Å². The summed E-state index contributed by atoms with van der Waals surface area (Å²) in [6.45, 7) is 4.72. The number of hydrogen-bond donors (Lipinski definition) is 1. The zero-order valence-corrected chi connectivity index (χ0v) is 15.3. The van der Waals surface area contributed by atoms with Crippen molar-refractivity contribution in [1.29, 1.82) is 0 Å². The molecular formula is C20H23N3O3. The number of benzene rings is 1. The molecule has 0 radical (unpaired) electrons. The third-order valence-electron chi connectivity index (χ3n) is 4.15. The molecule has 26 heavy (non-hydrogen) atoms. The van der Waals surface area contributed by atoms with Crippen LogP contribution < -0.4 is 10.1 Å². The van der Waals surface area contributed by atoms with Crippen molar-refractivity contribution in [3.05, 3.63) is 70.9 Å². The number of carbonyl (C=O) groups excluding carboxylic acids is 1. The average molecular weight is 353 g/mol. The van der Waals surface area contributed by atoms with Gasteiger partial charge in [-0.1, -0.05) is 19.1 Å². The van der Waals surface area contributed by atoms with E-state index in [4.69, 9.17) is 9.15 Å². The number of nitrogens with zero attached hydrogens (tertiary/aromatic N) is 2. The lowest BCUT2D eigenvalue weighted by Crippen LogP contribution is -2.22. The second kappa shape index (κ2) is 7.91. The molecule has 0 saturated heterocycles. The largest absolute Gasteiger partial charge is 0.486 e. The first-order valence-corrected chi connectivity index (χ1v) is 8.63. The average Bonchev–Trinajstić information content (AvgIpc) is 3.24. The molecule has 0 aliphatic rings. The molecule has 136 valence electrons. The Morgan fingerprint density at radius 2 is 2.00 bits per heavy atom. The van der Waals surface area contributed by atoms with Crippen LogP contribution in [0.5, 0.6) is 5.75 Å². The Labute approximate surface area is 152 Å². The van der Waals surface area contributed by atoms with Gasteiger partial charge in [0.2, 0.25) is 0 Å². The lowest BCUT2D eigenvalue weighted by molar-refractivity contribution is 0.0919. The van der Waals surface area contributed by atoms with Crippen molar-refractivity contribution in [2.75, 3.05) is 0 Å². The highest BCUT2D eigenvalue weighted by Crippen LogP contribution is 2.16. The van der Waals surface area contributed by atoms with Gasteiger partial charge in [0.15, 0.2) is 5.76 Å². The quantitative estimate of drug-likeness (QED) is 0.707. The summed E-state index contributed by atoms with van der Waals surface area (Å²) in [5.74, 6) is 1.39. The van der Waals surface area contributed by atoms with E-state index in [0.717, 1.165) is 23.4 Å². The molecule has 0 unspecified atom stereocenters. The first-order chi connectivity index (χ1) is 12.5. The standard InChI is InChI=1S/C20H23N3O3/c1-4-15-5-7-17(8-6-15)25-13-18-9-10-19(26-18)20(24)21-11-16-12-23(3)22-14(16)2/h5-10,12H,4,11,13H2,1-3H3,(H,21,24). The van der Waals surface area contributed by atoms with Crippen LogP contribution in [0.3, 0.4) is 0 Å². The second-order valence-electron chi connectivity index (χ2n) is 6.15. The first kappa shape index (κ1) is 17.8. The SMILES string of the molecule is CCc1ccc(OCc2ccc(C(=O)NCc3cn(C)nc3C)o2)cc1. The topological polar surface area (TPSA) is 69.3 Å². The molecule has 0 bridgehead atoms. The van der Waals surface area contributed by atoms with E-state index in [1.54, 1.807) is 16.8 Å². The summed E-state index contributed by atoms with van der Waals surface area (Å²) in [6.07, 6.45) is 2.89. The number of ether oxygens (including phenoxy) is 1. The molecule has 0 atom stereocenters. The summed E-state index contributed by atoms with van der Waals surface area (Å²) < 4.78 is 13.0. The number of carbonyl (C=O) groups is 1. The van der Waals surface area contributed by atoms with Crippen molar-refractivity contribution in [3.63, 3.8) is 0 Å². The highest BCUT2D eigenvalue weighted by atomic mass is 16.5. The highest BCUT2D eigenvalue weighted by molar-refractivity contribution is 5.91. The third-order valence-corrected chi connectivity index (χ3v) is 4.15. The molecule has 1 amide bonds. The number of rotatable bonds is 7. The van der Waals surface area contributed by atoms with Crippen molar-refractivity contribution in [3.8, 4) is 5.75 Å². The van der Waals surface area contributed by atoms with E-state index in [9.17, 15) is 4.79 Å². The summed E-state index contributed by atoms with van der Waals surface area (Å²) in [4.78, 5) is 12.2. The van der Waals surface area contributed by atoms with Crippen molar-refractivity contribution >= 4 is 5.91 Å². The van der Waals surface area contributed by atoms with E-state index >= 15 is 0 Å². The van der Waals surface area contributed by atoms with Gasteiger partial charge in [-0.15, -0.1) is 0 Å². The van der Waals surface area contributed by atoms with Gasteiger partial charge in [-0.2, -0.15) is 5.10 Å². The summed E-state index contributed by atoms with van der Waals surface area (Å²) in [6, 6.07) is 11.4. The third kappa shape index (κ3) is 4.33. The van der Waals surface area contributed by atoms with Crippen LogP contribution in [0.25, 0.3) is 0 Å². The van der Waals surface area contributed by atoms with Gasteiger partial charge >= 0.3 is 0 Å². The second-order valence-corrected chi connectivity index (χ2v) is 6.15. The van der Waals surface area contributed by atoms with Crippen LogP contribution in [-0.2, 0) is 26.6 Å². The van der Waals surface area contributed by atoms with Gasteiger partial charge < -0.3 is 14.5 Å². The molecule has 6 nitrogen and oxygen atoms in total. The minimum Gasteiger partial charge on any atom is -0.486 e. The Bertz CT molecular complexity index is 878. The van der Waals surface area contributed by atoms with Crippen LogP contribution in [0.15, 0.2) is 47.0 Å². The normalized spacial score (nSPS) is 10.7. The van der Waals surface area contributed by atoms with Gasteiger partial charge in [0.25, 0.3) is 5.91 Å². The lowest BCUT2D eigenvalue weighted by Gasteiger charge is -2.05. The van der Waals surface area contributed by atoms with Gasteiger partial charge in [-0.25, -0.2) is 0 Å². The fourth-order valence-corrected chi connectivity index (χ4v) is 2.64. The van der Waals surface area contributed by atoms with E-state index in [1.807, 2.05) is 44.4 Å². The van der Waals surface area contributed by atoms with E-state index in [-0.39, 0.29) is 18.3 Å². The summed E-state index contributed by atoms with van der Waals surface area (Å²) in [5.41, 5.74) is 3.14. The van der Waals surface area contributed by atoms with Crippen LogP contribution in [0.4, 0.5) is 0 Å².